The van der Waals surface area contributed by atoms with E-state index in [9.17, 15) is 0 Å². The van der Waals surface area contributed by atoms with Crippen molar-refractivity contribution in [2.24, 2.45) is 0 Å². The highest BCUT2D eigenvalue weighted by Crippen LogP contribution is 2.48. The van der Waals surface area contributed by atoms with Crippen molar-refractivity contribution in [2.75, 3.05) is 39.2 Å². The summed E-state index contributed by atoms with van der Waals surface area (Å²) in [6, 6.07) is 207. The Bertz CT molecular complexity index is 6990. The van der Waals surface area contributed by atoms with Crippen LogP contribution >= 0.6 is 0 Å². The van der Waals surface area contributed by atoms with E-state index in [0.29, 0.717) is 0 Å². The van der Waals surface area contributed by atoms with E-state index in [1.54, 1.807) is 0 Å². The smallest absolute Gasteiger partial charge is 0.0540 e. The van der Waals surface area contributed by atoms with Gasteiger partial charge < -0.3 is 39.2 Å². The Morgan fingerprint density at radius 3 is 0.360 bits per heavy atom. The van der Waals surface area contributed by atoms with Gasteiger partial charge in [0.05, 0.1) is 11.4 Å². The van der Waals surface area contributed by atoms with E-state index in [0.717, 1.165) is 159 Å². The lowest BCUT2D eigenvalue weighted by atomic mass is 10.0. The monoisotopic (exact) mass is 1740 g/mol. The Balaban J connectivity index is 0.000000164. The van der Waals surface area contributed by atoms with Gasteiger partial charge in [0.15, 0.2) is 0 Å². The van der Waals surface area contributed by atoms with Crippen molar-refractivity contribution >= 4 is 158 Å². The van der Waals surface area contributed by atoms with Gasteiger partial charge in [0.2, 0.25) is 0 Å². The molecule has 0 saturated heterocycles. The minimum Gasteiger partial charge on any atom is -0.311 e. The topological polar surface area (TPSA) is 25.9 Å². The number of hydrogen-bond acceptors (Lipinski definition) is 8. The molecular weight excluding hydrogens is 1650 g/mol. The van der Waals surface area contributed by atoms with Gasteiger partial charge in [0.25, 0.3) is 0 Å². The minimum absolute atomic E-state index is 1.07. The molecule has 8 nitrogen and oxygen atoms in total. The summed E-state index contributed by atoms with van der Waals surface area (Å²) >= 11 is 0. The quantitative estimate of drug-likeness (QED) is 0.0529. The average molecular weight is 1750 g/mol. The number of rotatable bonds is 26. The normalized spacial score (nSPS) is 10.9. The first kappa shape index (κ1) is 84.6. The molecule has 0 bridgehead atoms. The van der Waals surface area contributed by atoms with E-state index < -0.39 is 0 Å². The van der Waals surface area contributed by atoms with Gasteiger partial charge in [-0.15, -0.1) is 0 Å². The molecule has 0 N–H and O–H groups in total. The van der Waals surface area contributed by atoms with Gasteiger partial charge in [-0.05, 0) is 312 Å². The highest BCUT2D eigenvalue weighted by Gasteiger charge is 2.25. The molecule has 8 heteroatoms. The zero-order chi connectivity index (χ0) is 91.0. The van der Waals surface area contributed by atoms with Crippen molar-refractivity contribution in [3.8, 4) is 22.3 Å². The summed E-state index contributed by atoms with van der Waals surface area (Å²) in [4.78, 5) is 18.6. The molecule has 22 aromatic carbocycles. The van der Waals surface area contributed by atoms with Crippen LogP contribution in [0, 0.1) is 0 Å². The molecule has 0 aliphatic carbocycles. The zero-order valence-electron chi connectivity index (χ0n) is 75.0. The highest BCUT2D eigenvalue weighted by molar-refractivity contribution is 6.01. The lowest BCUT2D eigenvalue weighted by Gasteiger charge is -2.29. The highest BCUT2D eigenvalue weighted by atomic mass is 15.2. The summed E-state index contributed by atoms with van der Waals surface area (Å²) in [5.74, 6) is 0. The van der Waals surface area contributed by atoms with Crippen molar-refractivity contribution in [1.82, 2.24) is 0 Å². The molecular formula is C128H96N8. The first-order chi connectivity index (χ1) is 67.5. The van der Waals surface area contributed by atoms with Crippen LogP contribution in [0.15, 0.2) is 582 Å². The molecule has 22 rings (SSSR count). The molecule has 0 aliphatic rings. The maximum atomic E-state index is 2.38. The van der Waals surface area contributed by atoms with Crippen molar-refractivity contribution < 1.29 is 0 Å². The lowest BCUT2D eigenvalue weighted by Crippen LogP contribution is -2.12. The molecule has 0 aromatic heterocycles. The number of para-hydroxylation sites is 10. The van der Waals surface area contributed by atoms with Crippen LogP contribution in [0.1, 0.15) is 0 Å². The largest absolute Gasteiger partial charge is 0.311 e. The van der Waals surface area contributed by atoms with Crippen molar-refractivity contribution in [3.63, 3.8) is 0 Å². The summed E-state index contributed by atoms with van der Waals surface area (Å²) in [7, 11) is 0. The Morgan fingerprint density at radius 2 is 0.199 bits per heavy atom. The van der Waals surface area contributed by atoms with Gasteiger partial charge in [-0.2, -0.15) is 0 Å². The standard InChI is InChI=1S/C68H50N4.C60H46N4/c1-5-23-55(24-6-1)69(56-25-7-2-8-26-56)59-43-47-63(48-44-59)71(67-33-17-21-53-19-13-15-31-65(53)67)61-39-35-51(36-40-61)52-37-41-62(42-38-52)72(68-34-18-22-54-20-14-16-32-66(54)68)64-49-45-60(46-50-64)70(57-27-9-3-10-28-57)58-29-11-4-12-30-58;1-7-19-49(20-8-1)61(50-21-9-2-10-22-50)57-39-43-59(44-40-57)63(53-27-15-5-16-28-53)55-35-31-47(32-36-55)48-33-37-56(38-34-48)64(54-29-17-6-18-30-54)60-45-41-58(42-46-60)62(51-23-11-3-12-24-51)52-25-13-4-14-26-52/h1-50H;1-46H. The molecule has 22 aromatic rings. The number of benzene rings is 22. The summed E-state index contributed by atoms with van der Waals surface area (Å²) in [5, 5.41) is 4.77. The Hall–Kier alpha value is -18.2. The fraction of sp³-hybridized carbons (Fsp3) is 0. The first-order valence-corrected chi connectivity index (χ1v) is 46.2. The van der Waals surface area contributed by atoms with Crippen LogP contribution in [0.25, 0.3) is 43.8 Å². The Kier molecular flexibility index (Phi) is 24.9. The number of anilines is 24. The maximum absolute atomic E-state index is 2.38. The summed E-state index contributed by atoms with van der Waals surface area (Å²) in [6.45, 7) is 0. The lowest BCUT2D eigenvalue weighted by molar-refractivity contribution is 1.25. The second kappa shape index (κ2) is 40.0. The van der Waals surface area contributed by atoms with E-state index in [1.165, 1.54) is 21.5 Å². The van der Waals surface area contributed by atoms with E-state index in [1.807, 2.05) is 0 Å². The third-order valence-electron chi connectivity index (χ3n) is 24.8. The van der Waals surface area contributed by atoms with Gasteiger partial charge >= 0.3 is 0 Å². The second-order valence-corrected chi connectivity index (χ2v) is 33.3. The molecule has 0 atom stereocenters. The Labute approximate surface area is 796 Å². The molecule has 0 spiro atoms. The van der Waals surface area contributed by atoms with Gasteiger partial charge in [0, 0.05) is 136 Å². The van der Waals surface area contributed by atoms with E-state index in [4.69, 9.17) is 0 Å². The van der Waals surface area contributed by atoms with Crippen LogP contribution in [0.5, 0.6) is 0 Å². The molecule has 0 amide bonds. The van der Waals surface area contributed by atoms with Crippen LogP contribution in [-0.2, 0) is 0 Å². The molecule has 0 fully saturated rings. The molecule has 0 unspecified atom stereocenters. The fourth-order valence-corrected chi connectivity index (χ4v) is 18.3. The summed E-state index contributed by atoms with van der Waals surface area (Å²) in [5.41, 5.74) is 30.9. The Morgan fingerprint density at radius 1 is 0.0809 bits per heavy atom. The molecule has 0 aliphatic heterocycles. The third-order valence-corrected chi connectivity index (χ3v) is 24.8. The predicted molar refractivity (Wildman–Crippen MR) is 576 cm³/mol. The number of hydrogen-bond donors (Lipinski definition) is 0. The summed E-state index contributed by atoms with van der Waals surface area (Å²) in [6.07, 6.45) is 0. The second-order valence-electron chi connectivity index (χ2n) is 33.3. The van der Waals surface area contributed by atoms with Crippen LogP contribution < -0.4 is 39.2 Å². The van der Waals surface area contributed by atoms with Crippen molar-refractivity contribution in [3.05, 3.63) is 582 Å². The van der Waals surface area contributed by atoms with Crippen LogP contribution in [0.2, 0.25) is 0 Å². The van der Waals surface area contributed by atoms with E-state index in [-0.39, 0.29) is 0 Å². The van der Waals surface area contributed by atoms with Gasteiger partial charge in [-0.25, -0.2) is 0 Å². The van der Waals surface area contributed by atoms with E-state index in [2.05, 4.69) is 622 Å². The molecule has 648 valence electrons. The van der Waals surface area contributed by atoms with Gasteiger partial charge in [-0.1, -0.05) is 303 Å². The van der Waals surface area contributed by atoms with Crippen LogP contribution in [0.3, 0.4) is 0 Å². The SMILES string of the molecule is c1ccc(N(c2ccccc2)c2ccc(N(c3ccc(-c4ccc(N(c5ccc(N(c6ccccc6)c6ccccc6)cc5)c5cccc6ccccc56)cc4)cc3)c3cccc4ccccc34)cc2)cc1.c1ccc(N(c2ccccc2)c2ccc(N(c3ccccc3)c3ccc(-c4ccc(N(c5ccccc5)c5ccc(N(c6ccccc6)c6ccccc6)cc5)cc4)cc3)cc2)cc1. The average Bonchev–Trinajstić information content (AvgIpc) is 0.758. The van der Waals surface area contributed by atoms with Crippen molar-refractivity contribution in [1.29, 1.82) is 0 Å². The minimum atomic E-state index is 1.07. The number of nitrogens with zero attached hydrogens (tertiary/aromatic N) is 8. The fourth-order valence-electron chi connectivity index (χ4n) is 18.3. The first-order valence-electron chi connectivity index (χ1n) is 46.2. The van der Waals surface area contributed by atoms with Crippen LogP contribution in [0.4, 0.5) is 136 Å². The van der Waals surface area contributed by atoms with E-state index >= 15 is 0 Å². The summed E-state index contributed by atoms with van der Waals surface area (Å²) < 4.78 is 0. The maximum Gasteiger partial charge on any atom is 0.0540 e. The molecule has 0 saturated carbocycles. The number of fused-ring (bicyclic) bond motifs is 2. The van der Waals surface area contributed by atoms with Gasteiger partial charge in [0.1, 0.15) is 0 Å². The molecule has 0 radical (unpaired) electrons. The van der Waals surface area contributed by atoms with Gasteiger partial charge in [-0.3, -0.25) is 0 Å². The van der Waals surface area contributed by atoms with Crippen molar-refractivity contribution in [2.45, 2.75) is 0 Å². The van der Waals surface area contributed by atoms with Crippen LogP contribution in [-0.4, -0.2) is 0 Å². The zero-order valence-corrected chi connectivity index (χ0v) is 75.0. The third kappa shape index (κ3) is 18.4. The molecule has 136 heavy (non-hydrogen) atoms. The predicted octanol–water partition coefficient (Wildman–Crippen LogP) is 36.8. The molecule has 0 heterocycles.